The van der Waals surface area contributed by atoms with E-state index in [1.165, 1.54) is 0 Å². The Bertz CT molecular complexity index is 294. The van der Waals surface area contributed by atoms with Gasteiger partial charge in [-0.1, -0.05) is 0 Å². The van der Waals surface area contributed by atoms with Gasteiger partial charge in [0.1, 0.15) is 0 Å². The van der Waals surface area contributed by atoms with E-state index >= 15 is 0 Å². The first-order chi connectivity index (χ1) is 7.51. The van der Waals surface area contributed by atoms with Crippen LogP contribution in [0.15, 0.2) is 0 Å². The van der Waals surface area contributed by atoms with Crippen molar-refractivity contribution in [3.8, 4) is 0 Å². The number of nitrogens with one attached hydrogen (secondary N) is 2. The van der Waals surface area contributed by atoms with E-state index in [1.54, 1.807) is 0 Å². The van der Waals surface area contributed by atoms with E-state index in [0.29, 0.717) is 6.61 Å². The van der Waals surface area contributed by atoms with Crippen molar-refractivity contribution in [1.29, 1.82) is 0 Å². The number of hydrogen-bond acceptors (Lipinski definition) is 5. The van der Waals surface area contributed by atoms with Crippen molar-refractivity contribution >= 4 is 48.9 Å². The summed E-state index contributed by atoms with van der Waals surface area (Å²) >= 11 is 1.08. The van der Waals surface area contributed by atoms with Gasteiger partial charge in [0.2, 0.25) is 0 Å². The number of carbonyl (C=O) groups is 1. The van der Waals surface area contributed by atoms with Gasteiger partial charge in [-0.3, -0.25) is 0 Å². The van der Waals surface area contributed by atoms with Crippen molar-refractivity contribution in [2.24, 2.45) is 5.92 Å². The molecule has 0 saturated carbocycles. The summed E-state index contributed by atoms with van der Waals surface area (Å²) in [6.45, 7) is 6.43. The van der Waals surface area contributed by atoms with Crippen molar-refractivity contribution in [1.82, 2.24) is 7.06 Å². The quantitative estimate of drug-likeness (QED) is 0.121. The number of ether oxygens (including phenoxy) is 2. The van der Waals surface area contributed by atoms with Gasteiger partial charge < -0.3 is 0 Å². The molecule has 94 valence electrons. The van der Waals surface area contributed by atoms with Crippen LogP contribution >= 0.6 is 43.0 Å². The fourth-order valence-corrected chi connectivity index (χ4v) is 8.68. The normalized spacial score (nSPS) is 25.9. The van der Waals surface area contributed by atoms with Crippen LogP contribution < -0.4 is 7.06 Å². The summed E-state index contributed by atoms with van der Waals surface area (Å²) in [5.41, 5.74) is 0. The van der Waals surface area contributed by atoms with E-state index in [-0.39, 0.29) is 19.5 Å². The van der Waals surface area contributed by atoms with Crippen LogP contribution in [-0.2, 0) is 14.3 Å². The summed E-state index contributed by atoms with van der Waals surface area (Å²) < 4.78 is 17.3. The first-order valence-corrected chi connectivity index (χ1v) is 9.71. The molecular weight excluding hydrogens is 438 g/mol. The SMILES string of the molecule is CCOC(OC(=O)C(I)C12NI1N2)C(C)C. The van der Waals surface area contributed by atoms with Crippen LogP contribution in [0.3, 0.4) is 0 Å². The molecule has 0 bridgehead atoms. The maximum atomic E-state index is 11.9. The number of rotatable bonds is 6. The van der Waals surface area contributed by atoms with E-state index in [1.807, 2.05) is 20.8 Å². The van der Waals surface area contributed by atoms with Crippen LogP contribution in [0.2, 0.25) is 0 Å². The molecule has 0 aromatic heterocycles. The number of carbonyl (C=O) groups excluding carboxylic acids is 1. The summed E-state index contributed by atoms with van der Waals surface area (Å²) in [4.78, 5) is 11.9. The third-order valence-corrected chi connectivity index (χ3v) is 9.55. The number of esters is 1. The van der Waals surface area contributed by atoms with E-state index in [0.717, 1.165) is 0 Å². The van der Waals surface area contributed by atoms with Crippen molar-refractivity contribution in [2.45, 2.75) is 34.7 Å². The molecule has 2 atom stereocenters. The van der Waals surface area contributed by atoms with Gasteiger partial charge in [0, 0.05) is 0 Å². The van der Waals surface area contributed by atoms with Gasteiger partial charge in [-0.05, 0) is 0 Å². The number of alkyl halides is 2. The molecule has 0 aromatic rings. The van der Waals surface area contributed by atoms with E-state index < -0.39 is 26.7 Å². The fraction of sp³-hybridized carbons (Fsp3) is 0.889. The first-order valence-electron chi connectivity index (χ1n) is 5.23. The van der Waals surface area contributed by atoms with Crippen LogP contribution in [0.4, 0.5) is 0 Å². The van der Waals surface area contributed by atoms with Crippen LogP contribution in [0.1, 0.15) is 20.8 Å². The van der Waals surface area contributed by atoms with E-state index in [2.05, 4.69) is 29.7 Å². The second-order valence-electron chi connectivity index (χ2n) is 4.05. The molecule has 0 radical (unpaired) electrons. The van der Waals surface area contributed by atoms with Crippen molar-refractivity contribution in [3.63, 3.8) is 0 Å². The minimum absolute atomic E-state index is 0.0185. The fourth-order valence-electron chi connectivity index (χ4n) is 1.29. The molecule has 2 fully saturated rings. The molecular formula is C9H16I2N2O3. The zero-order valence-electron chi connectivity index (χ0n) is 9.42. The molecule has 2 heterocycles. The zero-order valence-corrected chi connectivity index (χ0v) is 13.7. The summed E-state index contributed by atoms with van der Waals surface area (Å²) in [5.74, 6) is 0.00369. The maximum absolute atomic E-state index is 11.9. The predicted molar refractivity (Wildman–Crippen MR) is 77.2 cm³/mol. The number of fused-ring (bicyclic) bond motifs is 1. The summed E-state index contributed by atoms with van der Waals surface area (Å²) in [6, 6.07) is 0. The second kappa shape index (κ2) is 4.82. The predicted octanol–water partition coefficient (Wildman–Crippen LogP) is 1.55. The minimum atomic E-state index is -1.06. The zero-order chi connectivity index (χ0) is 11.9. The number of hydrogen-bond donors (Lipinski definition) is 2. The van der Waals surface area contributed by atoms with Gasteiger partial charge in [-0.15, -0.1) is 0 Å². The van der Waals surface area contributed by atoms with Crippen LogP contribution in [-0.4, -0.2) is 26.5 Å². The van der Waals surface area contributed by atoms with Gasteiger partial charge >= 0.3 is 117 Å². The Balaban J connectivity index is 1.84. The Morgan fingerprint density at radius 1 is 1.50 bits per heavy atom. The standard InChI is InChI=1S/C9H16I2N2O3/c1-4-15-8(5(2)3)16-7(14)6(10)9-11(12-9)13-9/h5-6,8,12-13H,4H2,1-3H3. The van der Waals surface area contributed by atoms with E-state index in [9.17, 15) is 4.79 Å². The Labute approximate surface area is 117 Å². The Morgan fingerprint density at radius 3 is 2.44 bits per heavy atom. The number of halogens is 2. The molecule has 0 spiro atoms. The van der Waals surface area contributed by atoms with Gasteiger partial charge in [0.25, 0.3) is 0 Å². The van der Waals surface area contributed by atoms with Crippen molar-refractivity contribution in [3.05, 3.63) is 0 Å². The van der Waals surface area contributed by atoms with Crippen molar-refractivity contribution < 1.29 is 14.3 Å². The van der Waals surface area contributed by atoms with E-state index in [4.69, 9.17) is 9.47 Å². The van der Waals surface area contributed by atoms with Crippen LogP contribution in [0.5, 0.6) is 0 Å². The molecule has 0 aromatic carbocycles. The summed E-state index contributed by atoms with van der Waals surface area (Å²) in [6.07, 6.45) is -0.425. The Kier molecular flexibility index (Phi) is 3.99. The average molecular weight is 454 g/mol. The molecule has 2 rings (SSSR count). The molecule has 16 heavy (non-hydrogen) atoms. The molecule has 5 nitrogen and oxygen atoms in total. The Hall–Kier alpha value is 0.810. The van der Waals surface area contributed by atoms with Crippen LogP contribution in [0.25, 0.3) is 0 Å². The molecule has 0 amide bonds. The molecule has 2 aliphatic heterocycles. The second-order valence-corrected chi connectivity index (χ2v) is 9.70. The Morgan fingerprint density at radius 2 is 2.06 bits per heavy atom. The van der Waals surface area contributed by atoms with Gasteiger partial charge in [-0.2, -0.15) is 0 Å². The van der Waals surface area contributed by atoms with Gasteiger partial charge in [0.15, 0.2) is 0 Å². The summed E-state index contributed by atoms with van der Waals surface area (Å²) in [7, 11) is 0. The molecule has 2 saturated heterocycles. The topological polar surface area (TPSA) is 79.4 Å². The monoisotopic (exact) mass is 454 g/mol. The third kappa shape index (κ3) is 2.47. The first kappa shape index (κ1) is 13.2. The molecule has 2 N–H and O–H groups in total. The third-order valence-electron chi connectivity index (χ3n) is 2.35. The molecule has 0 aliphatic carbocycles. The molecule has 7 heteroatoms. The van der Waals surface area contributed by atoms with Crippen molar-refractivity contribution in [2.75, 3.05) is 6.61 Å². The summed E-state index contributed by atoms with van der Waals surface area (Å²) in [5, 5.41) is 0. The molecule has 2 unspecified atom stereocenters. The average Bonchev–Trinajstić information content (AvgIpc) is 3.03. The van der Waals surface area contributed by atoms with Gasteiger partial charge in [0.05, 0.1) is 0 Å². The van der Waals surface area contributed by atoms with Gasteiger partial charge in [-0.25, -0.2) is 0 Å². The van der Waals surface area contributed by atoms with Crippen LogP contribution in [0, 0.1) is 5.92 Å². The molecule has 2 aliphatic rings.